The van der Waals surface area contributed by atoms with Gasteiger partial charge in [0.1, 0.15) is 0 Å². The van der Waals surface area contributed by atoms with Crippen LogP contribution in [0.1, 0.15) is 5.69 Å². The van der Waals surface area contributed by atoms with Gasteiger partial charge in [0.25, 0.3) is 0 Å². The van der Waals surface area contributed by atoms with E-state index in [4.69, 9.17) is 0 Å². The summed E-state index contributed by atoms with van der Waals surface area (Å²) in [5.74, 6) is 0. The number of hydrogen-bond acceptors (Lipinski definition) is 1. The molecule has 0 fully saturated rings. The molecule has 0 saturated carbocycles. The molecular weight excluding hydrogens is 270 g/mol. The summed E-state index contributed by atoms with van der Waals surface area (Å²) in [6.45, 7) is 1.93. The maximum absolute atomic E-state index is 3.91. The zero-order valence-electron chi connectivity index (χ0n) is 5.56. The fourth-order valence-electron chi connectivity index (χ4n) is 0.419. The summed E-state index contributed by atoms with van der Waals surface area (Å²) in [5, 5.41) is 0. The van der Waals surface area contributed by atoms with Crippen molar-refractivity contribution >= 4 is 39.0 Å². The molecule has 4 heteroatoms. The number of nitrogens with zero attached hydrogens (tertiary/aromatic N) is 1. The quantitative estimate of drug-likeness (QED) is 0.418. The van der Waals surface area contributed by atoms with Crippen LogP contribution in [0.2, 0.25) is 0 Å². The van der Waals surface area contributed by atoms with Crippen molar-refractivity contribution in [3.63, 3.8) is 0 Å². The predicted molar refractivity (Wildman–Crippen MR) is 41.3 cm³/mol. The summed E-state index contributed by atoms with van der Waals surface area (Å²) < 4.78 is 1.04. The minimum atomic E-state index is 0. The number of rotatable bonds is 0. The molecule has 0 aliphatic rings. The van der Waals surface area contributed by atoms with Gasteiger partial charge in [-0.15, -0.1) is 0 Å². The summed E-state index contributed by atoms with van der Waals surface area (Å²) in [6, 6.07) is 3.69. The summed E-state index contributed by atoms with van der Waals surface area (Å²) >= 11 is 3.31. The minimum absolute atomic E-state index is 0. The first-order valence-corrected chi connectivity index (χ1v) is 3.09. The largest absolute Gasteiger partial charge is 2.00 e. The Morgan fingerprint density at radius 3 is 2.50 bits per heavy atom. The van der Waals surface area contributed by atoms with Crippen molar-refractivity contribution in [2.45, 2.75) is 6.92 Å². The molecule has 0 aromatic carbocycles. The smallest absolute Gasteiger partial charge is 1.00 e. The molecule has 0 atom stereocenters. The van der Waals surface area contributed by atoms with Gasteiger partial charge in [0.2, 0.25) is 0 Å². The molecule has 50 valence electrons. The van der Waals surface area contributed by atoms with Gasteiger partial charge in [0.15, 0.2) is 0 Å². The van der Waals surface area contributed by atoms with E-state index in [0.717, 1.165) is 10.2 Å². The van der Waals surface area contributed by atoms with Crippen molar-refractivity contribution in [2.75, 3.05) is 0 Å². The number of aromatic nitrogens is 1. The van der Waals surface area contributed by atoms with E-state index in [9.17, 15) is 0 Å². The third-order valence-corrected chi connectivity index (χ3v) is 1.72. The van der Waals surface area contributed by atoms with Crippen LogP contribution < -0.4 is 17.0 Å². The van der Waals surface area contributed by atoms with Crippen LogP contribution in [0, 0.1) is 13.1 Å². The van der Waals surface area contributed by atoms with Gasteiger partial charge in [-0.1, -0.05) is 39.2 Å². The fourth-order valence-corrected chi connectivity index (χ4v) is 0.639. The van der Waals surface area contributed by atoms with E-state index >= 15 is 0 Å². The van der Waals surface area contributed by atoms with Gasteiger partial charge >= 0.3 is 23.1 Å². The standard InChI is InChI=1S/C6H5BrN.BrH.Mg/c1-5-6(7)3-2-4-8-5;;/h2-3H,1H3;1H;/q-1;;+2/p-1. The first-order valence-electron chi connectivity index (χ1n) is 2.30. The van der Waals surface area contributed by atoms with Crippen LogP contribution in [-0.4, -0.2) is 28.0 Å². The molecule has 1 rings (SSSR count). The van der Waals surface area contributed by atoms with Gasteiger partial charge in [-0.05, 0) is 0 Å². The SMILES string of the molecule is Cc1n[c-]ccc1Br.[Br-].[Mg+2]. The van der Waals surface area contributed by atoms with Crippen LogP contribution in [0.15, 0.2) is 16.6 Å². The van der Waals surface area contributed by atoms with Gasteiger partial charge in [-0.2, -0.15) is 12.1 Å². The second-order valence-electron chi connectivity index (χ2n) is 1.51. The normalized spacial score (nSPS) is 7.40. The molecule has 0 saturated heterocycles. The number of pyridine rings is 1. The average molecular weight is 275 g/mol. The van der Waals surface area contributed by atoms with Crippen LogP contribution in [0.5, 0.6) is 0 Å². The summed E-state index contributed by atoms with van der Waals surface area (Å²) in [6.07, 6.45) is 2.72. The molecule has 0 aliphatic carbocycles. The van der Waals surface area contributed by atoms with Crippen LogP contribution in [0.3, 0.4) is 0 Å². The second-order valence-corrected chi connectivity index (χ2v) is 2.36. The molecule has 0 unspecified atom stereocenters. The minimum Gasteiger partial charge on any atom is -1.00 e. The maximum Gasteiger partial charge on any atom is 2.00 e. The molecule has 0 spiro atoms. The molecule has 0 aliphatic heterocycles. The summed E-state index contributed by atoms with van der Waals surface area (Å²) in [4.78, 5) is 3.91. The van der Waals surface area contributed by atoms with Crippen LogP contribution in [0.25, 0.3) is 0 Å². The van der Waals surface area contributed by atoms with Crippen molar-refractivity contribution < 1.29 is 17.0 Å². The van der Waals surface area contributed by atoms with E-state index in [1.165, 1.54) is 0 Å². The fraction of sp³-hybridized carbons (Fsp3) is 0.167. The van der Waals surface area contributed by atoms with E-state index in [1.54, 1.807) is 6.07 Å². The third-order valence-electron chi connectivity index (χ3n) is 0.882. The summed E-state index contributed by atoms with van der Waals surface area (Å²) in [5.41, 5.74) is 0.979. The topological polar surface area (TPSA) is 12.9 Å². The Balaban J connectivity index is 0. The summed E-state index contributed by atoms with van der Waals surface area (Å²) in [7, 11) is 0. The molecule has 10 heavy (non-hydrogen) atoms. The number of hydrogen-bond donors (Lipinski definition) is 0. The van der Waals surface area contributed by atoms with Crippen LogP contribution >= 0.6 is 15.9 Å². The first kappa shape index (κ1) is 13.5. The van der Waals surface area contributed by atoms with Crippen LogP contribution in [0.4, 0.5) is 0 Å². The second kappa shape index (κ2) is 6.58. The Hall–Kier alpha value is 0.876. The van der Waals surface area contributed by atoms with Crippen molar-refractivity contribution in [1.29, 1.82) is 0 Å². The molecular formula is C6H5Br2MgN. The van der Waals surface area contributed by atoms with Crippen molar-refractivity contribution in [3.05, 3.63) is 28.5 Å². The zero-order chi connectivity index (χ0) is 5.98. The Labute approximate surface area is 95.7 Å². The van der Waals surface area contributed by atoms with E-state index in [-0.39, 0.29) is 40.0 Å². The van der Waals surface area contributed by atoms with Crippen LogP contribution in [-0.2, 0) is 0 Å². The number of halogens is 2. The molecule has 1 aromatic heterocycles. The Bertz CT molecular complexity index is 172. The van der Waals surface area contributed by atoms with Gasteiger partial charge in [-0.25, -0.2) is 0 Å². The average Bonchev–Trinajstić information content (AvgIpc) is 1.77. The molecule has 1 aromatic rings. The van der Waals surface area contributed by atoms with Gasteiger partial charge in [-0.3, -0.25) is 0 Å². The van der Waals surface area contributed by atoms with E-state index in [2.05, 4.69) is 27.1 Å². The van der Waals surface area contributed by atoms with Gasteiger partial charge < -0.3 is 22.0 Å². The van der Waals surface area contributed by atoms with Crippen molar-refractivity contribution in [1.82, 2.24) is 4.98 Å². The first-order chi connectivity index (χ1) is 3.80. The van der Waals surface area contributed by atoms with E-state index < -0.39 is 0 Å². The number of aryl methyl sites for hydroxylation is 1. The zero-order valence-corrected chi connectivity index (χ0v) is 10.2. The molecule has 0 radical (unpaired) electrons. The Kier molecular flexibility index (Phi) is 8.86. The van der Waals surface area contributed by atoms with Gasteiger partial charge in [0.05, 0.1) is 0 Å². The molecule has 0 bridgehead atoms. The molecule has 0 amide bonds. The van der Waals surface area contributed by atoms with E-state index in [0.29, 0.717) is 0 Å². The monoisotopic (exact) mass is 273 g/mol. The molecule has 1 heterocycles. The van der Waals surface area contributed by atoms with Crippen molar-refractivity contribution in [3.8, 4) is 0 Å². The third kappa shape index (κ3) is 3.90. The maximum atomic E-state index is 3.91. The molecule has 1 nitrogen and oxygen atoms in total. The predicted octanol–water partition coefficient (Wildman–Crippen LogP) is -1.42. The Morgan fingerprint density at radius 1 is 1.60 bits per heavy atom. The van der Waals surface area contributed by atoms with Crippen molar-refractivity contribution in [2.24, 2.45) is 0 Å². The Morgan fingerprint density at radius 2 is 2.20 bits per heavy atom. The van der Waals surface area contributed by atoms with Gasteiger partial charge in [0, 0.05) is 0 Å². The molecule has 0 N–H and O–H groups in total. The van der Waals surface area contributed by atoms with E-state index in [1.807, 2.05) is 13.0 Å².